The van der Waals surface area contributed by atoms with Gasteiger partial charge in [0, 0.05) is 17.6 Å². The number of rotatable bonds is 10. The van der Waals surface area contributed by atoms with Crippen molar-refractivity contribution in [2.24, 2.45) is 5.92 Å². The summed E-state index contributed by atoms with van der Waals surface area (Å²) in [6.45, 7) is 2.28. The molecule has 2 aromatic rings. The minimum Gasteiger partial charge on any atom is -0.496 e. The average Bonchev–Trinajstić information content (AvgIpc) is 2.97. The molecule has 1 saturated heterocycles. The van der Waals surface area contributed by atoms with Crippen LogP contribution in [-0.4, -0.2) is 61.8 Å². The summed E-state index contributed by atoms with van der Waals surface area (Å²) >= 11 is 6.15. The third kappa shape index (κ3) is 6.43. The quantitative estimate of drug-likeness (QED) is 0.456. The topological polar surface area (TPSA) is 117 Å². The van der Waals surface area contributed by atoms with Crippen LogP contribution in [0.25, 0.3) is 0 Å². The molecule has 0 unspecified atom stereocenters. The lowest BCUT2D eigenvalue weighted by atomic mass is 9.97. The van der Waals surface area contributed by atoms with Crippen LogP contribution in [0.15, 0.2) is 36.4 Å². The zero-order valence-electron chi connectivity index (χ0n) is 20.0. The van der Waals surface area contributed by atoms with Gasteiger partial charge in [-0.05, 0) is 54.3 Å². The number of amides is 2. The highest BCUT2D eigenvalue weighted by Crippen LogP contribution is 2.27. The van der Waals surface area contributed by atoms with Crippen molar-refractivity contribution in [1.82, 2.24) is 15.5 Å². The van der Waals surface area contributed by atoms with Crippen LogP contribution in [0.4, 0.5) is 0 Å². The van der Waals surface area contributed by atoms with Gasteiger partial charge in [-0.25, -0.2) is 4.79 Å². The number of nitrogens with zero attached hydrogens (tertiary/aromatic N) is 1. The van der Waals surface area contributed by atoms with Gasteiger partial charge in [0.25, 0.3) is 0 Å². The Kier molecular flexibility index (Phi) is 8.95. The Morgan fingerprint density at radius 1 is 1.20 bits per heavy atom. The molecule has 1 aliphatic rings. The number of methoxy groups -OCH3 is 2. The molecule has 1 aliphatic heterocycles. The van der Waals surface area contributed by atoms with Crippen molar-refractivity contribution in [2.45, 2.75) is 25.8 Å². The number of hydrogen-bond donors (Lipinski definition) is 3. The number of aromatic carboxylic acids is 1. The van der Waals surface area contributed by atoms with E-state index in [2.05, 4.69) is 10.6 Å². The lowest BCUT2D eigenvalue weighted by molar-refractivity contribution is -0.137. The van der Waals surface area contributed by atoms with Crippen LogP contribution < -0.4 is 20.1 Å². The Morgan fingerprint density at radius 2 is 1.94 bits per heavy atom. The predicted molar refractivity (Wildman–Crippen MR) is 131 cm³/mol. The lowest BCUT2D eigenvalue weighted by Crippen LogP contribution is -2.44. The summed E-state index contributed by atoms with van der Waals surface area (Å²) in [7, 11) is 2.98. The van der Waals surface area contributed by atoms with E-state index in [0.717, 1.165) is 11.1 Å². The van der Waals surface area contributed by atoms with Crippen molar-refractivity contribution < 1.29 is 29.0 Å². The van der Waals surface area contributed by atoms with Gasteiger partial charge in [-0.2, -0.15) is 0 Å². The minimum atomic E-state index is -1.07. The molecule has 35 heavy (non-hydrogen) atoms. The van der Waals surface area contributed by atoms with Gasteiger partial charge in [0.15, 0.2) is 0 Å². The molecule has 0 aromatic heterocycles. The van der Waals surface area contributed by atoms with Crippen molar-refractivity contribution in [1.29, 1.82) is 0 Å². The summed E-state index contributed by atoms with van der Waals surface area (Å²) in [4.78, 5) is 38.6. The van der Waals surface area contributed by atoms with E-state index >= 15 is 0 Å². The van der Waals surface area contributed by atoms with Gasteiger partial charge in [-0.1, -0.05) is 24.6 Å². The molecule has 1 fully saturated rings. The number of nitrogens with one attached hydrogen (secondary N) is 2. The molecule has 9 nitrogen and oxygen atoms in total. The SMILES string of the molecule is CC[C@@H](NCN1CC(=O)NC[C@H](Cc2cc(Cl)ccc2OC)C1=O)c1ccc(C(=O)O)c(OC)c1. The fraction of sp³-hybridized carbons (Fsp3) is 0.400. The van der Waals surface area contributed by atoms with E-state index in [0.29, 0.717) is 23.6 Å². The number of carbonyl (C=O) groups is 3. The fourth-order valence-corrected chi connectivity index (χ4v) is 4.37. The number of carboxylic acids is 1. The lowest BCUT2D eigenvalue weighted by Gasteiger charge is -2.27. The number of hydrogen-bond acceptors (Lipinski definition) is 6. The van der Waals surface area contributed by atoms with Crippen LogP contribution >= 0.6 is 11.6 Å². The highest BCUT2D eigenvalue weighted by Gasteiger charge is 2.31. The van der Waals surface area contributed by atoms with E-state index < -0.39 is 11.9 Å². The van der Waals surface area contributed by atoms with E-state index in [-0.39, 0.29) is 48.9 Å². The van der Waals surface area contributed by atoms with E-state index in [1.54, 1.807) is 37.4 Å². The number of benzene rings is 2. The summed E-state index contributed by atoms with van der Waals surface area (Å²) in [5, 5.41) is 16.0. The normalized spacial score (nSPS) is 16.9. The van der Waals surface area contributed by atoms with Crippen LogP contribution in [-0.2, 0) is 16.0 Å². The summed E-state index contributed by atoms with van der Waals surface area (Å²) in [6.07, 6.45) is 1.04. The fourth-order valence-electron chi connectivity index (χ4n) is 4.17. The minimum absolute atomic E-state index is 0.0628. The second kappa shape index (κ2) is 11.9. The zero-order valence-corrected chi connectivity index (χ0v) is 20.7. The molecule has 3 N–H and O–H groups in total. The third-order valence-electron chi connectivity index (χ3n) is 6.04. The van der Waals surface area contributed by atoms with Gasteiger partial charge in [0.05, 0.1) is 26.8 Å². The number of carbonyl (C=O) groups excluding carboxylic acids is 2. The summed E-state index contributed by atoms with van der Waals surface area (Å²) < 4.78 is 10.6. The van der Waals surface area contributed by atoms with Crippen LogP contribution in [0.3, 0.4) is 0 Å². The molecule has 0 aliphatic carbocycles. The molecule has 0 bridgehead atoms. The molecule has 1 heterocycles. The molecular formula is C25H30ClN3O6. The molecule has 0 radical (unpaired) electrons. The maximum atomic E-state index is 13.4. The Hall–Kier alpha value is -3.30. The van der Waals surface area contributed by atoms with Gasteiger partial charge in [0.1, 0.15) is 23.6 Å². The summed E-state index contributed by atoms with van der Waals surface area (Å²) in [5.74, 6) is -1.06. The van der Waals surface area contributed by atoms with E-state index in [1.807, 2.05) is 6.92 Å². The first-order chi connectivity index (χ1) is 16.8. The first-order valence-corrected chi connectivity index (χ1v) is 11.7. The standard InChI is InChI=1S/C25H30ClN3O6/c1-4-20(15-5-7-19(25(32)33)22(11-15)35-3)28-14-29-13-23(30)27-12-17(24(29)31)9-16-10-18(26)6-8-21(16)34-2/h5-8,10-11,17,20,28H,4,9,12-14H2,1-3H3,(H,27,30)(H,32,33)/t17-,20+/m0/s1. The largest absolute Gasteiger partial charge is 0.496 e. The second-order valence-corrected chi connectivity index (χ2v) is 8.72. The van der Waals surface area contributed by atoms with Gasteiger partial charge < -0.3 is 24.8 Å². The van der Waals surface area contributed by atoms with E-state index in [4.69, 9.17) is 21.1 Å². The van der Waals surface area contributed by atoms with E-state index in [9.17, 15) is 19.5 Å². The van der Waals surface area contributed by atoms with Gasteiger partial charge in [-0.3, -0.25) is 14.9 Å². The zero-order chi connectivity index (χ0) is 25.5. The Labute approximate surface area is 209 Å². The second-order valence-electron chi connectivity index (χ2n) is 8.29. The van der Waals surface area contributed by atoms with Crippen molar-refractivity contribution in [2.75, 3.05) is 34.0 Å². The number of halogens is 1. The average molecular weight is 504 g/mol. The molecule has 0 saturated carbocycles. The summed E-state index contributed by atoms with van der Waals surface area (Å²) in [6, 6.07) is 9.96. The highest BCUT2D eigenvalue weighted by molar-refractivity contribution is 6.30. The predicted octanol–water partition coefficient (Wildman–Crippen LogP) is 2.87. The van der Waals surface area contributed by atoms with Gasteiger partial charge in [0.2, 0.25) is 11.8 Å². The van der Waals surface area contributed by atoms with Crippen LogP contribution in [0.1, 0.15) is 40.9 Å². The molecule has 2 amide bonds. The smallest absolute Gasteiger partial charge is 0.339 e. The van der Waals surface area contributed by atoms with Crippen molar-refractivity contribution >= 4 is 29.4 Å². The van der Waals surface area contributed by atoms with E-state index in [1.165, 1.54) is 18.1 Å². The van der Waals surface area contributed by atoms with Crippen LogP contribution in [0.5, 0.6) is 11.5 Å². The van der Waals surface area contributed by atoms with Crippen molar-refractivity contribution in [3.05, 3.63) is 58.1 Å². The first kappa shape index (κ1) is 26.3. The van der Waals surface area contributed by atoms with Crippen LogP contribution in [0.2, 0.25) is 5.02 Å². The molecule has 0 spiro atoms. The molecular weight excluding hydrogens is 474 g/mol. The van der Waals surface area contributed by atoms with Gasteiger partial charge >= 0.3 is 5.97 Å². The molecule has 10 heteroatoms. The van der Waals surface area contributed by atoms with Crippen LogP contribution in [0, 0.1) is 5.92 Å². The third-order valence-corrected chi connectivity index (χ3v) is 6.28. The first-order valence-electron chi connectivity index (χ1n) is 11.3. The highest BCUT2D eigenvalue weighted by atomic mass is 35.5. The monoisotopic (exact) mass is 503 g/mol. The number of carboxylic acid groups (broad SMARTS) is 1. The van der Waals surface area contributed by atoms with Gasteiger partial charge in [-0.15, -0.1) is 0 Å². The van der Waals surface area contributed by atoms with Crippen molar-refractivity contribution in [3.8, 4) is 11.5 Å². The Morgan fingerprint density at radius 3 is 2.60 bits per heavy atom. The maximum absolute atomic E-state index is 13.4. The maximum Gasteiger partial charge on any atom is 0.339 e. The molecule has 2 atom stereocenters. The van der Waals surface area contributed by atoms with Crippen molar-refractivity contribution in [3.63, 3.8) is 0 Å². The molecule has 2 aromatic carbocycles. The summed E-state index contributed by atoms with van der Waals surface area (Å²) in [5.41, 5.74) is 1.69. The number of ether oxygens (including phenoxy) is 2. The molecule has 188 valence electrons. The Bertz CT molecular complexity index is 1090. The molecule has 3 rings (SSSR count). The Balaban J connectivity index is 1.75.